The molecule has 0 heterocycles. The zero-order chi connectivity index (χ0) is 23.1. The van der Waals surface area contributed by atoms with Gasteiger partial charge in [-0.15, -0.1) is 0 Å². The molecular formula is C10H8CoF12N2S4. The van der Waals surface area contributed by atoms with Crippen LogP contribution in [0, 0.1) is 0 Å². The maximum absolute atomic E-state index is 11.7. The zero-order valence-electron chi connectivity index (χ0n) is 13.2. The summed E-state index contributed by atoms with van der Waals surface area (Å²) < 4.78 is 139. The topological polar surface area (TPSA) is 6.48 Å². The second kappa shape index (κ2) is 12.7. The van der Waals surface area contributed by atoms with Gasteiger partial charge in [0.15, 0.2) is 0 Å². The summed E-state index contributed by atoms with van der Waals surface area (Å²) in [6.45, 7) is -7.13. The van der Waals surface area contributed by atoms with Crippen LogP contribution in [-0.2, 0) is 42.0 Å². The third-order valence-corrected chi connectivity index (χ3v) is 3.03. The van der Waals surface area contributed by atoms with Crippen molar-refractivity contribution in [2.45, 2.75) is 24.7 Å². The second-order valence-electron chi connectivity index (χ2n) is 4.70. The van der Waals surface area contributed by atoms with E-state index in [0.29, 0.717) is 0 Å². The van der Waals surface area contributed by atoms with Gasteiger partial charge in [-0.2, -0.15) is 52.7 Å². The average molecular weight is 571 g/mol. The molecule has 0 aromatic heterocycles. The van der Waals surface area contributed by atoms with Crippen molar-refractivity contribution in [3.05, 3.63) is 0 Å². The van der Waals surface area contributed by atoms with Crippen LogP contribution in [-0.4, -0.2) is 69.3 Å². The molecule has 0 bridgehead atoms. The van der Waals surface area contributed by atoms with Crippen molar-refractivity contribution in [3.63, 3.8) is 0 Å². The van der Waals surface area contributed by atoms with Crippen LogP contribution in [0.15, 0.2) is 0 Å². The molecule has 0 amide bonds. The van der Waals surface area contributed by atoms with Gasteiger partial charge in [-0.1, -0.05) is 8.64 Å². The van der Waals surface area contributed by atoms with Crippen molar-refractivity contribution < 1.29 is 69.5 Å². The predicted molar refractivity (Wildman–Crippen MR) is 87.3 cm³/mol. The molecule has 0 rings (SSSR count). The summed E-state index contributed by atoms with van der Waals surface area (Å²) in [7, 11) is 0. The Morgan fingerprint density at radius 2 is 0.655 bits per heavy atom. The van der Waals surface area contributed by atoms with Crippen molar-refractivity contribution in [1.29, 1.82) is 0 Å². The normalized spacial score (nSPS) is 12.3. The summed E-state index contributed by atoms with van der Waals surface area (Å²) >= 11 is 16.4. The SMILES string of the molecule is FC(F)(F)CN(CC(F)(F)F)C(=S)[S-].FC(F)(F)CN(CC(F)(F)F)C(=S)[S-].[Co+2]. The van der Waals surface area contributed by atoms with E-state index in [1.807, 2.05) is 0 Å². The maximum atomic E-state index is 11.7. The molecule has 19 heteroatoms. The Balaban J connectivity index is -0.000000451. The summed E-state index contributed by atoms with van der Waals surface area (Å²) in [6, 6.07) is 0. The van der Waals surface area contributed by atoms with E-state index in [4.69, 9.17) is 0 Å². The van der Waals surface area contributed by atoms with Gasteiger partial charge in [-0.25, -0.2) is 0 Å². The van der Waals surface area contributed by atoms with E-state index in [-0.39, 0.29) is 26.6 Å². The van der Waals surface area contributed by atoms with Crippen molar-refractivity contribution in [3.8, 4) is 0 Å². The molecule has 0 aliphatic rings. The standard InChI is InChI=1S/2C5H5F6NS2.Co/c2*6-4(7,8)1-12(3(13)14)2-5(9,10)11;/h2*1-2H2,(H,13,14);/q;;+2/p-2. The largest absolute Gasteiger partial charge is 2.00 e. The van der Waals surface area contributed by atoms with E-state index in [1.165, 1.54) is 0 Å². The van der Waals surface area contributed by atoms with Gasteiger partial charge in [-0.05, 0) is 0 Å². The summed E-state index contributed by atoms with van der Waals surface area (Å²) in [5.41, 5.74) is 0. The molecule has 0 aliphatic heterocycles. The fourth-order valence-electron chi connectivity index (χ4n) is 1.24. The van der Waals surface area contributed by atoms with Crippen molar-refractivity contribution in [2.24, 2.45) is 0 Å². The molecule has 0 unspecified atom stereocenters. The van der Waals surface area contributed by atoms with Gasteiger partial charge in [0.1, 0.15) is 26.2 Å². The van der Waals surface area contributed by atoms with Crippen LogP contribution in [0.4, 0.5) is 52.7 Å². The third kappa shape index (κ3) is 24.0. The monoisotopic (exact) mass is 571 g/mol. The quantitative estimate of drug-likeness (QED) is 0.277. The van der Waals surface area contributed by atoms with Crippen LogP contribution < -0.4 is 0 Å². The number of rotatable bonds is 4. The molecule has 0 aromatic rings. The molecule has 0 atom stereocenters. The first-order valence-corrected chi connectivity index (χ1v) is 7.84. The Bertz CT molecular complexity index is 439. The van der Waals surface area contributed by atoms with E-state index < -0.39 is 59.5 Å². The first-order chi connectivity index (χ1) is 12.0. The molecule has 175 valence electrons. The first kappa shape index (κ1) is 33.5. The Morgan fingerprint density at radius 3 is 0.724 bits per heavy atom. The smallest absolute Gasteiger partial charge is 0.411 e. The first-order valence-electron chi connectivity index (χ1n) is 6.21. The minimum atomic E-state index is -4.76. The molecule has 0 N–H and O–H groups in total. The average Bonchev–Trinajstić information content (AvgIpc) is 2.30. The van der Waals surface area contributed by atoms with Crippen LogP contribution in [0.3, 0.4) is 0 Å². The molecule has 2 nitrogen and oxygen atoms in total. The summed E-state index contributed by atoms with van der Waals surface area (Å²) in [6.07, 6.45) is -19.0. The van der Waals surface area contributed by atoms with Crippen molar-refractivity contribution >= 4 is 58.3 Å². The van der Waals surface area contributed by atoms with Crippen LogP contribution in [0.25, 0.3) is 0 Å². The van der Waals surface area contributed by atoms with Crippen LogP contribution in [0.2, 0.25) is 0 Å². The van der Waals surface area contributed by atoms with Gasteiger partial charge >= 0.3 is 41.5 Å². The molecule has 1 radical (unpaired) electrons. The number of thiocarbonyl (C=S) groups is 2. The third-order valence-electron chi connectivity index (χ3n) is 2.00. The number of hydrogen-bond acceptors (Lipinski definition) is 4. The van der Waals surface area contributed by atoms with Crippen LogP contribution in [0.5, 0.6) is 0 Å². The van der Waals surface area contributed by atoms with Gasteiger partial charge in [-0.3, -0.25) is 0 Å². The van der Waals surface area contributed by atoms with E-state index in [1.54, 1.807) is 0 Å². The van der Waals surface area contributed by atoms with Crippen LogP contribution in [0.1, 0.15) is 0 Å². The van der Waals surface area contributed by atoms with E-state index in [9.17, 15) is 52.7 Å². The summed E-state index contributed by atoms with van der Waals surface area (Å²) in [5, 5.41) is 0. The fourth-order valence-corrected chi connectivity index (χ4v) is 1.75. The fraction of sp³-hybridized carbons (Fsp3) is 0.800. The number of alkyl halides is 12. The van der Waals surface area contributed by atoms with Gasteiger partial charge in [0, 0.05) is 0 Å². The van der Waals surface area contributed by atoms with Gasteiger partial charge in [0.05, 0.1) is 0 Å². The molecule has 0 spiro atoms. The molecule has 0 saturated carbocycles. The minimum Gasteiger partial charge on any atom is -0.411 e. The Labute approximate surface area is 188 Å². The molecule has 0 fully saturated rings. The van der Waals surface area contributed by atoms with Gasteiger partial charge < -0.3 is 59.5 Å². The van der Waals surface area contributed by atoms with Crippen LogP contribution >= 0.6 is 24.4 Å². The minimum absolute atomic E-state index is 0. The molecular weight excluding hydrogens is 563 g/mol. The predicted octanol–water partition coefficient (Wildman–Crippen LogP) is 4.49. The zero-order valence-corrected chi connectivity index (χ0v) is 17.5. The van der Waals surface area contributed by atoms with Crippen molar-refractivity contribution in [2.75, 3.05) is 26.2 Å². The second-order valence-corrected chi connectivity index (χ2v) is 6.77. The number of halogens is 12. The number of nitrogens with zero attached hydrogens (tertiary/aromatic N) is 2. The van der Waals surface area contributed by atoms with Crippen molar-refractivity contribution in [1.82, 2.24) is 9.80 Å². The molecule has 0 aromatic carbocycles. The Hall–Kier alpha value is -0.114. The van der Waals surface area contributed by atoms with E-state index >= 15 is 0 Å². The molecule has 0 saturated heterocycles. The van der Waals surface area contributed by atoms with Gasteiger partial charge in [0.2, 0.25) is 0 Å². The summed E-state index contributed by atoms with van der Waals surface area (Å²) in [5.74, 6) is 0. The number of hydrogen-bond donors (Lipinski definition) is 0. The van der Waals surface area contributed by atoms with E-state index in [2.05, 4.69) is 49.7 Å². The Kier molecular flexibility index (Phi) is 14.6. The molecule has 0 aliphatic carbocycles. The summed E-state index contributed by atoms with van der Waals surface area (Å²) in [4.78, 5) is -0.241. The van der Waals surface area contributed by atoms with Gasteiger partial charge in [0.25, 0.3) is 0 Å². The molecule has 29 heavy (non-hydrogen) atoms. The van der Waals surface area contributed by atoms with E-state index in [0.717, 1.165) is 0 Å². The Morgan fingerprint density at radius 1 is 0.517 bits per heavy atom. The maximum Gasteiger partial charge on any atom is 2.00 e.